The quantitative estimate of drug-likeness (QED) is 0.687. The first-order valence-corrected chi connectivity index (χ1v) is 4.98. The highest BCUT2D eigenvalue weighted by molar-refractivity contribution is 5.67. The molecule has 0 aromatic rings. The van der Waals surface area contributed by atoms with Crippen molar-refractivity contribution in [1.82, 2.24) is 10.6 Å². The summed E-state index contributed by atoms with van der Waals surface area (Å²) in [7, 11) is 0. The smallest absolute Gasteiger partial charge is 0.407 e. The van der Waals surface area contributed by atoms with E-state index in [1.807, 2.05) is 6.92 Å². The standard InChI is InChI=1S/C9H18N2O2/c1-2-5-11-9(12)13-8-3-6-10-7-4-8/h8,10H,2-7H2,1H3,(H,11,12). The van der Waals surface area contributed by atoms with E-state index in [2.05, 4.69) is 10.6 Å². The molecule has 1 saturated heterocycles. The lowest BCUT2D eigenvalue weighted by atomic mass is 10.1. The molecule has 0 aromatic carbocycles. The van der Waals surface area contributed by atoms with Crippen LogP contribution in [0.2, 0.25) is 0 Å². The lowest BCUT2D eigenvalue weighted by Crippen LogP contribution is -2.36. The Hall–Kier alpha value is -0.770. The Labute approximate surface area is 79.0 Å². The van der Waals surface area contributed by atoms with E-state index in [-0.39, 0.29) is 12.2 Å². The van der Waals surface area contributed by atoms with Crippen LogP contribution in [0.25, 0.3) is 0 Å². The molecule has 0 unspecified atom stereocenters. The summed E-state index contributed by atoms with van der Waals surface area (Å²) in [6.07, 6.45) is 2.65. The van der Waals surface area contributed by atoms with Crippen LogP contribution in [0.5, 0.6) is 0 Å². The molecule has 13 heavy (non-hydrogen) atoms. The van der Waals surface area contributed by atoms with E-state index in [1.165, 1.54) is 0 Å². The fourth-order valence-electron chi connectivity index (χ4n) is 1.33. The summed E-state index contributed by atoms with van der Waals surface area (Å²) in [5, 5.41) is 5.92. The third-order valence-electron chi connectivity index (χ3n) is 2.08. The molecule has 0 bridgehead atoms. The predicted molar refractivity (Wildman–Crippen MR) is 50.7 cm³/mol. The third kappa shape index (κ3) is 4.12. The Morgan fingerprint density at radius 1 is 1.54 bits per heavy atom. The van der Waals surface area contributed by atoms with E-state index in [4.69, 9.17) is 4.74 Å². The Balaban J connectivity index is 2.11. The van der Waals surface area contributed by atoms with Crippen LogP contribution in [0.1, 0.15) is 26.2 Å². The van der Waals surface area contributed by atoms with Gasteiger partial charge in [-0.1, -0.05) is 6.92 Å². The van der Waals surface area contributed by atoms with Gasteiger partial charge in [0.25, 0.3) is 0 Å². The van der Waals surface area contributed by atoms with Gasteiger partial charge in [-0.05, 0) is 32.4 Å². The van der Waals surface area contributed by atoms with Crippen molar-refractivity contribution in [3.63, 3.8) is 0 Å². The largest absolute Gasteiger partial charge is 0.446 e. The molecule has 1 amide bonds. The minimum atomic E-state index is -0.270. The summed E-state index contributed by atoms with van der Waals surface area (Å²) in [6, 6.07) is 0. The molecule has 76 valence electrons. The number of amides is 1. The molecule has 1 aliphatic heterocycles. The van der Waals surface area contributed by atoms with Crippen molar-refractivity contribution < 1.29 is 9.53 Å². The van der Waals surface area contributed by atoms with E-state index in [9.17, 15) is 4.79 Å². The molecule has 0 atom stereocenters. The highest BCUT2D eigenvalue weighted by atomic mass is 16.6. The fourth-order valence-corrected chi connectivity index (χ4v) is 1.33. The van der Waals surface area contributed by atoms with E-state index in [0.29, 0.717) is 6.54 Å². The van der Waals surface area contributed by atoms with Crippen molar-refractivity contribution in [3.8, 4) is 0 Å². The van der Waals surface area contributed by atoms with Crippen LogP contribution in [-0.4, -0.2) is 31.8 Å². The summed E-state index contributed by atoms with van der Waals surface area (Å²) >= 11 is 0. The normalized spacial score (nSPS) is 18.2. The van der Waals surface area contributed by atoms with Gasteiger partial charge in [0.1, 0.15) is 6.10 Å². The van der Waals surface area contributed by atoms with Crippen LogP contribution >= 0.6 is 0 Å². The number of carbonyl (C=O) groups is 1. The highest BCUT2D eigenvalue weighted by Crippen LogP contribution is 2.06. The first-order chi connectivity index (χ1) is 6.33. The summed E-state index contributed by atoms with van der Waals surface area (Å²) in [5.74, 6) is 0. The Morgan fingerprint density at radius 2 is 2.23 bits per heavy atom. The number of hydrogen-bond acceptors (Lipinski definition) is 3. The van der Waals surface area contributed by atoms with Gasteiger partial charge in [0, 0.05) is 6.54 Å². The second-order valence-corrected chi connectivity index (χ2v) is 3.28. The molecular weight excluding hydrogens is 168 g/mol. The molecule has 1 rings (SSSR count). The zero-order chi connectivity index (χ0) is 9.52. The predicted octanol–water partition coefficient (Wildman–Crippen LogP) is 0.875. The monoisotopic (exact) mass is 186 g/mol. The van der Waals surface area contributed by atoms with Gasteiger partial charge in [0.2, 0.25) is 0 Å². The lowest BCUT2D eigenvalue weighted by Gasteiger charge is -2.22. The second-order valence-electron chi connectivity index (χ2n) is 3.28. The highest BCUT2D eigenvalue weighted by Gasteiger charge is 2.16. The van der Waals surface area contributed by atoms with E-state index in [1.54, 1.807) is 0 Å². The maximum Gasteiger partial charge on any atom is 0.407 e. The lowest BCUT2D eigenvalue weighted by molar-refractivity contribution is 0.0795. The average Bonchev–Trinajstić information content (AvgIpc) is 2.16. The molecule has 0 saturated carbocycles. The van der Waals surface area contributed by atoms with Gasteiger partial charge < -0.3 is 15.4 Å². The van der Waals surface area contributed by atoms with Gasteiger partial charge in [-0.15, -0.1) is 0 Å². The first kappa shape index (κ1) is 10.3. The number of rotatable bonds is 3. The third-order valence-corrected chi connectivity index (χ3v) is 2.08. The van der Waals surface area contributed by atoms with Gasteiger partial charge in [-0.25, -0.2) is 4.79 Å². The Bertz CT molecular complexity index is 156. The number of carbonyl (C=O) groups excluding carboxylic acids is 1. The van der Waals surface area contributed by atoms with Gasteiger partial charge in [0.15, 0.2) is 0 Å². The Kier molecular flexibility index (Phi) is 4.60. The van der Waals surface area contributed by atoms with Crippen LogP contribution in [0, 0.1) is 0 Å². The van der Waals surface area contributed by atoms with Gasteiger partial charge in [-0.2, -0.15) is 0 Å². The molecule has 0 spiro atoms. The molecule has 0 aromatic heterocycles. The van der Waals surface area contributed by atoms with Crippen LogP contribution < -0.4 is 10.6 Å². The zero-order valence-electron chi connectivity index (χ0n) is 8.14. The van der Waals surface area contributed by atoms with Crippen LogP contribution in [0.15, 0.2) is 0 Å². The molecule has 1 heterocycles. The van der Waals surface area contributed by atoms with Gasteiger partial charge >= 0.3 is 6.09 Å². The maximum absolute atomic E-state index is 11.1. The molecule has 4 nitrogen and oxygen atoms in total. The van der Waals surface area contributed by atoms with E-state index < -0.39 is 0 Å². The molecule has 0 aliphatic carbocycles. The van der Waals surface area contributed by atoms with Crippen molar-refractivity contribution >= 4 is 6.09 Å². The number of nitrogens with one attached hydrogen (secondary N) is 2. The van der Waals surface area contributed by atoms with Crippen molar-refractivity contribution in [2.75, 3.05) is 19.6 Å². The van der Waals surface area contributed by atoms with E-state index >= 15 is 0 Å². The summed E-state index contributed by atoms with van der Waals surface area (Å²) < 4.78 is 5.20. The minimum Gasteiger partial charge on any atom is -0.446 e. The zero-order valence-corrected chi connectivity index (χ0v) is 8.14. The van der Waals surface area contributed by atoms with Crippen molar-refractivity contribution in [2.45, 2.75) is 32.3 Å². The molecule has 1 fully saturated rings. The minimum absolute atomic E-state index is 0.109. The first-order valence-electron chi connectivity index (χ1n) is 4.98. The van der Waals surface area contributed by atoms with Crippen molar-refractivity contribution in [2.24, 2.45) is 0 Å². The fraction of sp³-hybridized carbons (Fsp3) is 0.889. The summed E-state index contributed by atoms with van der Waals surface area (Å²) in [4.78, 5) is 11.1. The average molecular weight is 186 g/mol. The molecule has 4 heteroatoms. The van der Waals surface area contributed by atoms with Crippen molar-refractivity contribution in [3.05, 3.63) is 0 Å². The maximum atomic E-state index is 11.1. The van der Waals surface area contributed by atoms with Gasteiger partial charge in [-0.3, -0.25) is 0 Å². The van der Waals surface area contributed by atoms with Crippen LogP contribution in [0.3, 0.4) is 0 Å². The summed E-state index contributed by atoms with van der Waals surface area (Å²) in [6.45, 7) is 4.62. The molecule has 1 aliphatic rings. The Morgan fingerprint density at radius 3 is 2.85 bits per heavy atom. The number of ether oxygens (including phenoxy) is 1. The van der Waals surface area contributed by atoms with Crippen LogP contribution in [-0.2, 0) is 4.74 Å². The number of hydrogen-bond donors (Lipinski definition) is 2. The second kappa shape index (κ2) is 5.80. The number of piperidine rings is 1. The van der Waals surface area contributed by atoms with Crippen LogP contribution in [0.4, 0.5) is 4.79 Å². The molecular formula is C9H18N2O2. The summed E-state index contributed by atoms with van der Waals surface area (Å²) in [5.41, 5.74) is 0. The molecule has 0 radical (unpaired) electrons. The van der Waals surface area contributed by atoms with Crippen molar-refractivity contribution in [1.29, 1.82) is 0 Å². The van der Waals surface area contributed by atoms with E-state index in [0.717, 1.165) is 32.4 Å². The van der Waals surface area contributed by atoms with Gasteiger partial charge in [0.05, 0.1) is 0 Å². The molecule has 2 N–H and O–H groups in total. The topological polar surface area (TPSA) is 50.4 Å². The number of alkyl carbamates (subject to hydrolysis) is 1. The SMILES string of the molecule is CCCNC(=O)OC1CCNCC1.